The number of rotatable bonds is 3. The van der Waals surface area contributed by atoms with E-state index in [4.69, 9.17) is 5.73 Å². The van der Waals surface area contributed by atoms with Crippen LogP contribution in [0.4, 0.5) is 5.69 Å². The number of nitrogens with zero attached hydrogens (tertiary/aromatic N) is 1. The monoisotopic (exact) mass is 247 g/mol. The van der Waals surface area contributed by atoms with E-state index in [2.05, 4.69) is 5.32 Å². The van der Waals surface area contributed by atoms with Crippen molar-refractivity contribution in [2.75, 3.05) is 19.4 Å². The molecule has 0 bridgehead atoms. The third kappa shape index (κ3) is 2.82. The van der Waals surface area contributed by atoms with Crippen LogP contribution in [0.25, 0.3) is 0 Å². The first-order valence-electron chi connectivity index (χ1n) is 6.40. The van der Waals surface area contributed by atoms with Crippen molar-refractivity contribution in [3.63, 3.8) is 0 Å². The van der Waals surface area contributed by atoms with Gasteiger partial charge in [0.2, 0.25) is 0 Å². The Bertz CT molecular complexity index is 431. The summed E-state index contributed by atoms with van der Waals surface area (Å²) in [7, 11) is 3.54. The van der Waals surface area contributed by atoms with Gasteiger partial charge < -0.3 is 16.0 Å². The van der Waals surface area contributed by atoms with E-state index < -0.39 is 0 Å². The summed E-state index contributed by atoms with van der Waals surface area (Å²) in [5, 5.41) is 3.45. The number of hydrogen-bond acceptors (Lipinski definition) is 3. The van der Waals surface area contributed by atoms with Crippen LogP contribution in [0.15, 0.2) is 24.3 Å². The minimum atomic E-state index is 0.0281. The van der Waals surface area contributed by atoms with E-state index >= 15 is 0 Å². The van der Waals surface area contributed by atoms with Gasteiger partial charge in [-0.2, -0.15) is 0 Å². The first kappa shape index (κ1) is 12.9. The average molecular weight is 247 g/mol. The molecular formula is C14H21N3O. The molecule has 98 valence electrons. The van der Waals surface area contributed by atoms with Gasteiger partial charge >= 0.3 is 0 Å². The summed E-state index contributed by atoms with van der Waals surface area (Å²) in [4.78, 5) is 13.7. The van der Waals surface area contributed by atoms with E-state index in [0.29, 0.717) is 12.1 Å². The Balaban J connectivity index is 2.15. The fourth-order valence-corrected chi connectivity index (χ4v) is 2.40. The van der Waals surface area contributed by atoms with Crippen LogP contribution in [0, 0.1) is 0 Å². The van der Waals surface area contributed by atoms with Gasteiger partial charge in [-0.25, -0.2) is 0 Å². The SMILES string of the molecule is CN(C)C(=O)c1ccccc1NC1CCC(N)C1. The van der Waals surface area contributed by atoms with Gasteiger partial charge in [0.25, 0.3) is 5.91 Å². The molecule has 1 fully saturated rings. The van der Waals surface area contributed by atoms with Crippen molar-refractivity contribution in [2.45, 2.75) is 31.3 Å². The van der Waals surface area contributed by atoms with E-state index in [1.54, 1.807) is 19.0 Å². The lowest BCUT2D eigenvalue weighted by Crippen LogP contribution is -2.25. The van der Waals surface area contributed by atoms with Gasteiger partial charge in [-0.15, -0.1) is 0 Å². The van der Waals surface area contributed by atoms with Crippen molar-refractivity contribution in [1.82, 2.24) is 4.90 Å². The number of benzene rings is 1. The molecule has 0 aromatic heterocycles. The zero-order valence-electron chi connectivity index (χ0n) is 11.0. The second-order valence-electron chi connectivity index (χ2n) is 5.16. The molecule has 2 rings (SSSR count). The zero-order chi connectivity index (χ0) is 13.1. The maximum Gasteiger partial charge on any atom is 0.255 e. The number of anilines is 1. The first-order chi connectivity index (χ1) is 8.58. The fourth-order valence-electron chi connectivity index (χ4n) is 2.40. The largest absolute Gasteiger partial charge is 0.382 e. The first-order valence-corrected chi connectivity index (χ1v) is 6.40. The van der Waals surface area contributed by atoms with E-state index in [9.17, 15) is 4.79 Å². The van der Waals surface area contributed by atoms with Crippen molar-refractivity contribution < 1.29 is 4.79 Å². The predicted octanol–water partition coefficient (Wildman–Crippen LogP) is 1.68. The zero-order valence-corrected chi connectivity index (χ0v) is 11.0. The lowest BCUT2D eigenvalue weighted by Gasteiger charge is -2.18. The average Bonchev–Trinajstić information content (AvgIpc) is 2.74. The number of para-hydroxylation sites is 1. The normalized spacial score (nSPS) is 22.8. The molecule has 1 aromatic carbocycles. The lowest BCUT2D eigenvalue weighted by molar-refractivity contribution is 0.0828. The van der Waals surface area contributed by atoms with Crippen LogP contribution >= 0.6 is 0 Å². The predicted molar refractivity (Wildman–Crippen MR) is 73.7 cm³/mol. The number of carbonyl (C=O) groups excluding carboxylic acids is 1. The molecule has 2 unspecified atom stereocenters. The highest BCUT2D eigenvalue weighted by Gasteiger charge is 2.23. The Kier molecular flexibility index (Phi) is 3.87. The van der Waals surface area contributed by atoms with E-state index in [-0.39, 0.29) is 5.91 Å². The highest BCUT2D eigenvalue weighted by molar-refractivity contribution is 5.99. The van der Waals surface area contributed by atoms with Crippen LogP contribution in [0.2, 0.25) is 0 Å². The summed E-state index contributed by atoms with van der Waals surface area (Å²) in [5.74, 6) is 0.0281. The van der Waals surface area contributed by atoms with Crippen molar-refractivity contribution >= 4 is 11.6 Å². The summed E-state index contributed by atoms with van der Waals surface area (Å²) in [6.45, 7) is 0. The molecule has 0 spiro atoms. The van der Waals surface area contributed by atoms with Gasteiger partial charge in [0, 0.05) is 31.9 Å². The molecule has 0 aliphatic heterocycles. The summed E-state index contributed by atoms with van der Waals surface area (Å²) >= 11 is 0. The van der Waals surface area contributed by atoms with E-state index in [1.807, 2.05) is 24.3 Å². The molecule has 4 nitrogen and oxygen atoms in total. The van der Waals surface area contributed by atoms with E-state index in [1.165, 1.54) is 0 Å². The molecular weight excluding hydrogens is 226 g/mol. The van der Waals surface area contributed by atoms with Crippen LogP contribution in [-0.4, -0.2) is 37.0 Å². The minimum Gasteiger partial charge on any atom is -0.382 e. The van der Waals surface area contributed by atoms with Crippen molar-refractivity contribution in [2.24, 2.45) is 5.73 Å². The minimum absolute atomic E-state index is 0.0281. The summed E-state index contributed by atoms with van der Waals surface area (Å²) in [6.07, 6.45) is 3.11. The molecule has 0 heterocycles. The Morgan fingerprint density at radius 1 is 1.33 bits per heavy atom. The van der Waals surface area contributed by atoms with Gasteiger partial charge in [-0.3, -0.25) is 4.79 Å². The third-order valence-electron chi connectivity index (χ3n) is 3.40. The highest BCUT2D eigenvalue weighted by atomic mass is 16.2. The third-order valence-corrected chi connectivity index (χ3v) is 3.40. The Morgan fingerprint density at radius 3 is 2.67 bits per heavy atom. The van der Waals surface area contributed by atoms with Crippen molar-refractivity contribution in [3.05, 3.63) is 29.8 Å². The van der Waals surface area contributed by atoms with Crippen LogP contribution < -0.4 is 11.1 Å². The molecule has 4 heteroatoms. The molecule has 0 saturated heterocycles. The van der Waals surface area contributed by atoms with Gasteiger partial charge in [0.15, 0.2) is 0 Å². The van der Waals surface area contributed by atoms with Crippen molar-refractivity contribution in [1.29, 1.82) is 0 Å². The maximum absolute atomic E-state index is 12.1. The molecule has 18 heavy (non-hydrogen) atoms. The molecule has 0 radical (unpaired) electrons. The second kappa shape index (κ2) is 5.40. The van der Waals surface area contributed by atoms with Gasteiger partial charge in [0.1, 0.15) is 0 Å². The molecule has 1 amide bonds. The Hall–Kier alpha value is -1.55. The topological polar surface area (TPSA) is 58.4 Å². The summed E-state index contributed by atoms with van der Waals surface area (Å²) in [5.41, 5.74) is 7.55. The quantitative estimate of drug-likeness (QED) is 0.854. The number of amides is 1. The van der Waals surface area contributed by atoms with Crippen LogP contribution in [0.5, 0.6) is 0 Å². The van der Waals surface area contributed by atoms with E-state index in [0.717, 1.165) is 30.5 Å². The number of carbonyl (C=O) groups is 1. The number of hydrogen-bond donors (Lipinski definition) is 2. The molecule has 2 atom stereocenters. The highest BCUT2D eigenvalue weighted by Crippen LogP contribution is 2.24. The standard InChI is InChI=1S/C14H21N3O/c1-17(2)14(18)12-5-3-4-6-13(12)16-11-8-7-10(15)9-11/h3-6,10-11,16H,7-9,15H2,1-2H3. The van der Waals surface area contributed by atoms with Crippen molar-refractivity contribution in [3.8, 4) is 0 Å². The molecule has 1 saturated carbocycles. The van der Waals surface area contributed by atoms with Crippen LogP contribution in [-0.2, 0) is 0 Å². The fraction of sp³-hybridized carbons (Fsp3) is 0.500. The molecule has 1 aliphatic rings. The lowest BCUT2D eigenvalue weighted by atomic mass is 10.1. The second-order valence-corrected chi connectivity index (χ2v) is 5.16. The van der Waals surface area contributed by atoms with Gasteiger partial charge in [-0.05, 0) is 31.4 Å². The summed E-state index contributed by atoms with van der Waals surface area (Å²) < 4.78 is 0. The molecule has 3 N–H and O–H groups in total. The van der Waals surface area contributed by atoms with Gasteiger partial charge in [-0.1, -0.05) is 12.1 Å². The smallest absolute Gasteiger partial charge is 0.255 e. The molecule has 1 aromatic rings. The van der Waals surface area contributed by atoms with Crippen LogP contribution in [0.1, 0.15) is 29.6 Å². The van der Waals surface area contributed by atoms with Gasteiger partial charge in [0.05, 0.1) is 5.56 Å². The summed E-state index contributed by atoms with van der Waals surface area (Å²) in [6, 6.07) is 8.34. The number of nitrogens with one attached hydrogen (secondary N) is 1. The Morgan fingerprint density at radius 2 is 2.06 bits per heavy atom. The maximum atomic E-state index is 12.1. The number of nitrogens with two attached hydrogens (primary N) is 1. The Labute approximate surface area is 108 Å². The van der Waals surface area contributed by atoms with Crippen LogP contribution in [0.3, 0.4) is 0 Å². The molecule has 1 aliphatic carbocycles.